The number of piperazine rings is 1. The normalized spacial score (nSPS) is 20.3. The zero-order valence-corrected chi connectivity index (χ0v) is 19.7. The number of hydrogen-bond donors (Lipinski definition) is 2. The fourth-order valence-corrected chi connectivity index (χ4v) is 4.69. The molecule has 2 N–H and O–H groups in total. The highest BCUT2D eigenvalue weighted by molar-refractivity contribution is 6.09. The van der Waals surface area contributed by atoms with E-state index in [-0.39, 0.29) is 19.1 Å². The van der Waals surface area contributed by atoms with Gasteiger partial charge in [0.2, 0.25) is 0 Å². The molecule has 0 spiro atoms. The van der Waals surface area contributed by atoms with Gasteiger partial charge in [-0.15, -0.1) is 0 Å². The van der Waals surface area contributed by atoms with E-state index in [1.165, 1.54) is 6.20 Å². The number of ether oxygens (including phenoxy) is 1. The molecule has 3 aromatic rings. The Morgan fingerprint density at radius 2 is 2.03 bits per heavy atom. The Kier molecular flexibility index (Phi) is 6.06. The molecule has 2 aliphatic rings. The third-order valence-corrected chi connectivity index (χ3v) is 6.52. The molecule has 2 aromatic heterocycles. The number of benzene rings is 1. The summed E-state index contributed by atoms with van der Waals surface area (Å²) in [5, 5.41) is 17.0. The molecule has 0 bridgehead atoms. The summed E-state index contributed by atoms with van der Waals surface area (Å²) in [7, 11) is 0. The first-order valence-corrected chi connectivity index (χ1v) is 11.6. The summed E-state index contributed by atoms with van der Waals surface area (Å²) in [4.78, 5) is 21.4. The van der Waals surface area contributed by atoms with Crippen molar-refractivity contribution >= 4 is 22.9 Å². The predicted octanol–water partition coefficient (Wildman–Crippen LogP) is 2.36. The van der Waals surface area contributed by atoms with Gasteiger partial charge in [-0.1, -0.05) is 0 Å². The molecule has 1 fully saturated rings. The number of alkyl halides is 2. The van der Waals surface area contributed by atoms with Crippen molar-refractivity contribution in [3.8, 4) is 5.75 Å². The van der Waals surface area contributed by atoms with E-state index in [2.05, 4.69) is 20.3 Å². The van der Waals surface area contributed by atoms with Crippen molar-refractivity contribution in [1.29, 1.82) is 0 Å². The Balaban J connectivity index is 1.45. The van der Waals surface area contributed by atoms with Crippen molar-refractivity contribution in [1.82, 2.24) is 19.5 Å². The van der Waals surface area contributed by atoms with Crippen LogP contribution in [0.15, 0.2) is 30.7 Å². The van der Waals surface area contributed by atoms with Gasteiger partial charge in [-0.05, 0) is 25.5 Å². The van der Waals surface area contributed by atoms with Crippen LogP contribution in [0.2, 0.25) is 0 Å². The number of amides is 1. The first-order valence-electron chi connectivity index (χ1n) is 11.6. The van der Waals surface area contributed by atoms with Crippen molar-refractivity contribution in [2.75, 3.05) is 49.5 Å². The van der Waals surface area contributed by atoms with Crippen LogP contribution >= 0.6 is 0 Å². The highest BCUT2D eigenvalue weighted by Crippen LogP contribution is 2.42. The van der Waals surface area contributed by atoms with Gasteiger partial charge in [-0.3, -0.25) is 9.69 Å². The van der Waals surface area contributed by atoms with Crippen LogP contribution in [0.25, 0.3) is 5.65 Å². The minimum Gasteiger partial charge on any atom is -0.484 e. The highest BCUT2D eigenvalue weighted by atomic mass is 19.3. The zero-order chi connectivity index (χ0) is 24.7. The second-order valence-corrected chi connectivity index (χ2v) is 9.45. The summed E-state index contributed by atoms with van der Waals surface area (Å²) < 4.78 is 33.2. The van der Waals surface area contributed by atoms with Crippen LogP contribution in [0.3, 0.4) is 0 Å². The van der Waals surface area contributed by atoms with Gasteiger partial charge in [-0.25, -0.2) is 18.3 Å². The molecule has 1 saturated heterocycles. The number of hydrogen-bond acceptors (Lipinski definition) is 7. The van der Waals surface area contributed by atoms with Gasteiger partial charge in [0, 0.05) is 56.6 Å². The molecule has 186 valence electrons. The van der Waals surface area contributed by atoms with Gasteiger partial charge in [-0.2, -0.15) is 5.10 Å². The first-order chi connectivity index (χ1) is 16.7. The number of carbonyl (C=O) groups excluding carboxylic acids is 1. The van der Waals surface area contributed by atoms with Gasteiger partial charge in [0.25, 0.3) is 12.3 Å². The lowest BCUT2D eigenvalue weighted by Gasteiger charge is -2.37. The Labute approximate surface area is 201 Å². The number of aryl methyl sites for hydroxylation is 1. The topological polar surface area (TPSA) is 95.2 Å². The predicted molar refractivity (Wildman–Crippen MR) is 127 cm³/mol. The number of carbonyl (C=O) groups is 1. The molecule has 9 nitrogen and oxygen atoms in total. The summed E-state index contributed by atoms with van der Waals surface area (Å²) >= 11 is 0. The minimum atomic E-state index is -2.37. The van der Waals surface area contributed by atoms with E-state index in [0.29, 0.717) is 55.2 Å². The third-order valence-electron chi connectivity index (χ3n) is 6.52. The van der Waals surface area contributed by atoms with Crippen molar-refractivity contribution in [3.63, 3.8) is 0 Å². The lowest BCUT2D eigenvalue weighted by molar-refractivity contribution is 0.0447. The van der Waals surface area contributed by atoms with Gasteiger partial charge in [0.05, 0.1) is 30.7 Å². The maximum atomic E-state index is 13.3. The Hall–Kier alpha value is -3.31. The largest absolute Gasteiger partial charge is 0.484 e. The van der Waals surface area contributed by atoms with Crippen LogP contribution in [0.4, 0.5) is 20.2 Å². The maximum absolute atomic E-state index is 13.3. The highest BCUT2D eigenvalue weighted by Gasteiger charge is 2.36. The number of anilines is 2. The summed E-state index contributed by atoms with van der Waals surface area (Å²) in [5.41, 5.74) is 3.20. The van der Waals surface area contributed by atoms with E-state index in [0.717, 1.165) is 16.8 Å². The quantitative estimate of drug-likeness (QED) is 0.552. The van der Waals surface area contributed by atoms with Gasteiger partial charge in [0.15, 0.2) is 5.65 Å². The smallest absolute Gasteiger partial charge is 0.261 e. The monoisotopic (exact) mass is 486 g/mol. The van der Waals surface area contributed by atoms with Gasteiger partial charge in [0.1, 0.15) is 16.9 Å². The second kappa shape index (κ2) is 9.04. The Morgan fingerprint density at radius 1 is 1.26 bits per heavy atom. The van der Waals surface area contributed by atoms with Gasteiger partial charge >= 0.3 is 0 Å². The number of rotatable bonds is 6. The molecule has 1 amide bonds. The number of aliphatic hydroxyl groups excluding tert-OH is 1. The van der Waals surface area contributed by atoms with E-state index < -0.39 is 12.0 Å². The molecule has 35 heavy (non-hydrogen) atoms. The molecule has 1 aromatic carbocycles. The number of nitrogens with zero attached hydrogens (tertiary/aromatic N) is 5. The van der Waals surface area contributed by atoms with Crippen LogP contribution in [0, 0.1) is 6.92 Å². The zero-order valence-electron chi connectivity index (χ0n) is 19.7. The van der Waals surface area contributed by atoms with Crippen molar-refractivity contribution in [2.24, 2.45) is 0 Å². The second-order valence-electron chi connectivity index (χ2n) is 9.45. The van der Waals surface area contributed by atoms with Crippen LogP contribution in [-0.4, -0.2) is 81.9 Å². The van der Waals surface area contributed by atoms with Crippen LogP contribution in [0.1, 0.15) is 28.4 Å². The Morgan fingerprint density at radius 3 is 2.74 bits per heavy atom. The van der Waals surface area contributed by atoms with Crippen LogP contribution in [-0.2, 0) is 6.42 Å². The van der Waals surface area contributed by atoms with E-state index in [1.54, 1.807) is 21.8 Å². The summed E-state index contributed by atoms with van der Waals surface area (Å²) in [6, 6.07) is 3.74. The lowest BCUT2D eigenvalue weighted by Crippen LogP contribution is -2.48. The fraction of sp³-hybridized carbons (Fsp3) is 0.458. The van der Waals surface area contributed by atoms with Gasteiger partial charge < -0.3 is 20.1 Å². The fourth-order valence-electron chi connectivity index (χ4n) is 4.69. The molecular weight excluding hydrogens is 458 g/mol. The molecule has 2 aliphatic heterocycles. The minimum absolute atomic E-state index is 0.140. The molecule has 0 aliphatic carbocycles. The molecule has 1 atom stereocenters. The van der Waals surface area contributed by atoms with E-state index in [1.807, 2.05) is 26.0 Å². The third kappa shape index (κ3) is 4.65. The molecule has 11 heteroatoms. The van der Waals surface area contributed by atoms with Crippen LogP contribution < -0.4 is 15.0 Å². The first kappa shape index (κ1) is 23.4. The molecule has 5 rings (SSSR count). The Bertz CT molecular complexity index is 1260. The molecule has 4 heterocycles. The maximum Gasteiger partial charge on any atom is 0.261 e. The average Bonchev–Trinajstić information content (AvgIpc) is 3.38. The summed E-state index contributed by atoms with van der Waals surface area (Å²) in [6.07, 6.45) is 3.09. The van der Waals surface area contributed by atoms with E-state index in [9.17, 15) is 18.7 Å². The van der Waals surface area contributed by atoms with Crippen molar-refractivity contribution < 1.29 is 23.4 Å². The molecule has 0 saturated carbocycles. The standard InChI is InChI=1S/C24H28F2N6O3/c1-15-10-27-22-17(11-28-32(22)12-15)23(34)29-18-7-16-9-24(2,14-33)35-20(16)8-19(18)31-5-3-30(4-6-31)13-21(25)26/h7-8,10-12,21,33H,3-6,9,13-14H2,1-2H3,(H,29,34)/t24-/m1/s1. The lowest BCUT2D eigenvalue weighted by atomic mass is 9.99. The molecule has 0 radical (unpaired) electrons. The summed E-state index contributed by atoms with van der Waals surface area (Å²) in [6.45, 7) is 5.38. The summed E-state index contributed by atoms with van der Waals surface area (Å²) in [5.74, 6) is 0.301. The molecular formula is C24H28F2N6O3. The van der Waals surface area contributed by atoms with Crippen molar-refractivity contribution in [3.05, 3.63) is 47.4 Å². The number of aromatic nitrogens is 3. The molecule has 0 unspecified atom stereocenters. The number of aliphatic hydroxyl groups is 1. The number of halogens is 2. The van der Waals surface area contributed by atoms with E-state index in [4.69, 9.17) is 4.74 Å². The average molecular weight is 487 g/mol. The number of nitrogens with one attached hydrogen (secondary N) is 1. The number of fused-ring (bicyclic) bond motifs is 2. The SMILES string of the molecule is Cc1cnc2c(C(=O)Nc3cc4c(cc3N3CCN(CC(F)F)CC3)O[C@@](C)(CO)C4)cnn2c1. The van der Waals surface area contributed by atoms with E-state index >= 15 is 0 Å². The van der Waals surface area contributed by atoms with Crippen molar-refractivity contribution in [2.45, 2.75) is 32.3 Å². The van der Waals surface area contributed by atoms with Crippen LogP contribution in [0.5, 0.6) is 5.75 Å².